The van der Waals surface area contributed by atoms with Crippen LogP contribution in [-0.2, 0) is 6.54 Å². The van der Waals surface area contributed by atoms with Crippen LogP contribution in [0, 0.1) is 5.82 Å². The number of nitrogens with two attached hydrogens (primary N) is 1. The number of alkyl halides is 3. The summed E-state index contributed by atoms with van der Waals surface area (Å²) in [6.07, 6.45) is -3.72. The van der Waals surface area contributed by atoms with Crippen molar-refractivity contribution < 1.29 is 17.6 Å². The number of anilines is 1. The predicted octanol–water partition coefficient (Wildman–Crippen LogP) is 3.18. The van der Waals surface area contributed by atoms with Gasteiger partial charge in [-0.3, -0.25) is 4.90 Å². The standard InChI is InChI=1S/C12H16F4N2/c1-2-6-18(8-12(14,15)16)7-9-4-3-5-10(17)11(9)13/h3-5H,2,6-8,17H2,1H3. The van der Waals surface area contributed by atoms with Gasteiger partial charge in [-0.05, 0) is 19.0 Å². The second kappa shape index (κ2) is 6.04. The average molecular weight is 264 g/mol. The summed E-state index contributed by atoms with van der Waals surface area (Å²) >= 11 is 0. The molecule has 1 rings (SSSR count). The third-order valence-electron chi connectivity index (χ3n) is 2.45. The maximum absolute atomic E-state index is 13.6. The molecule has 6 heteroatoms. The van der Waals surface area contributed by atoms with Crippen molar-refractivity contribution in [2.45, 2.75) is 26.1 Å². The van der Waals surface area contributed by atoms with Gasteiger partial charge in [0.2, 0.25) is 0 Å². The molecule has 0 radical (unpaired) electrons. The Balaban J connectivity index is 2.80. The summed E-state index contributed by atoms with van der Waals surface area (Å²) in [5, 5.41) is 0. The zero-order chi connectivity index (χ0) is 13.8. The summed E-state index contributed by atoms with van der Waals surface area (Å²) in [6, 6.07) is 4.36. The minimum absolute atomic E-state index is 0.0454. The van der Waals surface area contributed by atoms with Crippen molar-refractivity contribution in [2.75, 3.05) is 18.8 Å². The number of hydrogen-bond acceptors (Lipinski definition) is 2. The van der Waals surface area contributed by atoms with Gasteiger partial charge >= 0.3 is 6.18 Å². The molecule has 2 N–H and O–H groups in total. The van der Waals surface area contributed by atoms with Crippen LogP contribution < -0.4 is 5.73 Å². The van der Waals surface area contributed by atoms with E-state index in [1.54, 1.807) is 6.92 Å². The fraction of sp³-hybridized carbons (Fsp3) is 0.500. The van der Waals surface area contributed by atoms with Crippen molar-refractivity contribution in [3.8, 4) is 0 Å². The highest BCUT2D eigenvalue weighted by Gasteiger charge is 2.30. The van der Waals surface area contributed by atoms with Crippen LogP contribution in [0.25, 0.3) is 0 Å². The number of benzene rings is 1. The molecule has 0 aliphatic rings. The zero-order valence-electron chi connectivity index (χ0n) is 10.1. The molecule has 1 aromatic carbocycles. The lowest BCUT2D eigenvalue weighted by Crippen LogP contribution is -2.34. The van der Waals surface area contributed by atoms with E-state index in [1.165, 1.54) is 18.2 Å². The number of halogens is 4. The van der Waals surface area contributed by atoms with Gasteiger partial charge in [0.15, 0.2) is 5.82 Å². The molecule has 0 aromatic heterocycles. The Morgan fingerprint density at radius 3 is 2.50 bits per heavy atom. The monoisotopic (exact) mass is 264 g/mol. The Labute approximate surface area is 103 Å². The van der Waals surface area contributed by atoms with E-state index < -0.39 is 18.5 Å². The molecule has 0 atom stereocenters. The summed E-state index contributed by atoms with van der Waals surface area (Å²) in [5.74, 6) is -0.638. The van der Waals surface area contributed by atoms with Crippen molar-refractivity contribution in [3.05, 3.63) is 29.6 Å². The molecule has 0 heterocycles. The largest absolute Gasteiger partial charge is 0.401 e. The molecule has 0 amide bonds. The first-order valence-corrected chi connectivity index (χ1v) is 5.65. The van der Waals surface area contributed by atoms with E-state index in [2.05, 4.69) is 0 Å². The van der Waals surface area contributed by atoms with Crippen LogP contribution in [0.4, 0.5) is 23.2 Å². The predicted molar refractivity (Wildman–Crippen MR) is 62.4 cm³/mol. The summed E-state index contributed by atoms with van der Waals surface area (Å²) in [5.41, 5.74) is 5.52. The van der Waals surface area contributed by atoms with Gasteiger partial charge in [-0.1, -0.05) is 19.1 Å². The zero-order valence-corrected chi connectivity index (χ0v) is 10.1. The van der Waals surface area contributed by atoms with E-state index in [9.17, 15) is 17.6 Å². The highest BCUT2D eigenvalue weighted by atomic mass is 19.4. The summed E-state index contributed by atoms with van der Waals surface area (Å²) in [6.45, 7) is 0.895. The molecule has 0 fully saturated rings. The molecule has 1 aromatic rings. The Morgan fingerprint density at radius 1 is 1.28 bits per heavy atom. The molecule has 2 nitrogen and oxygen atoms in total. The van der Waals surface area contributed by atoms with Crippen LogP contribution in [0.1, 0.15) is 18.9 Å². The second-order valence-electron chi connectivity index (χ2n) is 4.15. The minimum atomic E-state index is -4.29. The lowest BCUT2D eigenvalue weighted by atomic mass is 10.1. The molecule has 102 valence electrons. The van der Waals surface area contributed by atoms with Gasteiger partial charge in [-0.15, -0.1) is 0 Å². The van der Waals surface area contributed by atoms with Gasteiger partial charge in [0.25, 0.3) is 0 Å². The molecule has 0 unspecified atom stereocenters. The highest BCUT2D eigenvalue weighted by molar-refractivity contribution is 5.42. The summed E-state index contributed by atoms with van der Waals surface area (Å²) in [7, 11) is 0. The minimum Gasteiger partial charge on any atom is -0.396 e. The van der Waals surface area contributed by atoms with E-state index in [0.29, 0.717) is 6.42 Å². The van der Waals surface area contributed by atoms with Crippen molar-refractivity contribution in [1.82, 2.24) is 4.90 Å². The van der Waals surface area contributed by atoms with Crippen molar-refractivity contribution in [3.63, 3.8) is 0 Å². The lowest BCUT2D eigenvalue weighted by molar-refractivity contribution is -0.147. The van der Waals surface area contributed by atoms with E-state index in [-0.39, 0.29) is 24.3 Å². The van der Waals surface area contributed by atoms with Crippen molar-refractivity contribution in [2.24, 2.45) is 0 Å². The Morgan fingerprint density at radius 2 is 1.94 bits per heavy atom. The topological polar surface area (TPSA) is 29.3 Å². The SMILES string of the molecule is CCCN(Cc1cccc(N)c1F)CC(F)(F)F. The summed E-state index contributed by atoms with van der Waals surface area (Å²) in [4.78, 5) is 1.16. The van der Waals surface area contributed by atoms with E-state index >= 15 is 0 Å². The number of nitrogen functional groups attached to an aromatic ring is 1. The van der Waals surface area contributed by atoms with Gasteiger partial charge in [0.1, 0.15) is 0 Å². The van der Waals surface area contributed by atoms with Crippen LogP contribution in [0.3, 0.4) is 0 Å². The Hall–Kier alpha value is -1.30. The molecule has 0 spiro atoms. The molecule has 0 aliphatic carbocycles. The number of rotatable bonds is 5. The van der Waals surface area contributed by atoms with E-state index in [4.69, 9.17) is 5.73 Å². The number of hydrogen-bond donors (Lipinski definition) is 1. The van der Waals surface area contributed by atoms with Gasteiger partial charge < -0.3 is 5.73 Å². The van der Waals surface area contributed by atoms with Crippen LogP contribution in [0.5, 0.6) is 0 Å². The van der Waals surface area contributed by atoms with Crippen LogP contribution >= 0.6 is 0 Å². The average Bonchev–Trinajstić information content (AvgIpc) is 2.23. The quantitative estimate of drug-likeness (QED) is 0.653. The first kappa shape index (κ1) is 14.8. The van der Waals surface area contributed by atoms with Crippen molar-refractivity contribution >= 4 is 5.69 Å². The third-order valence-corrected chi connectivity index (χ3v) is 2.45. The molecule has 0 saturated heterocycles. The highest BCUT2D eigenvalue weighted by Crippen LogP contribution is 2.21. The van der Waals surface area contributed by atoms with Crippen LogP contribution in [-0.4, -0.2) is 24.2 Å². The third kappa shape index (κ3) is 4.52. The first-order valence-electron chi connectivity index (χ1n) is 5.65. The van der Waals surface area contributed by atoms with Gasteiger partial charge in [-0.2, -0.15) is 13.2 Å². The normalized spacial score (nSPS) is 12.1. The maximum Gasteiger partial charge on any atom is 0.401 e. The smallest absolute Gasteiger partial charge is 0.396 e. The Kier molecular flexibility index (Phi) is 4.95. The molecule has 0 aliphatic heterocycles. The Bertz CT molecular complexity index is 390. The maximum atomic E-state index is 13.6. The second-order valence-corrected chi connectivity index (χ2v) is 4.15. The first-order chi connectivity index (χ1) is 8.33. The molecular formula is C12H16F4N2. The summed E-state index contributed by atoms with van der Waals surface area (Å²) < 4.78 is 50.7. The van der Waals surface area contributed by atoms with Gasteiger partial charge in [0, 0.05) is 12.1 Å². The molecular weight excluding hydrogens is 248 g/mol. The van der Waals surface area contributed by atoms with Gasteiger partial charge in [0.05, 0.1) is 12.2 Å². The molecule has 0 saturated carbocycles. The van der Waals surface area contributed by atoms with E-state index in [0.717, 1.165) is 4.90 Å². The lowest BCUT2D eigenvalue weighted by Gasteiger charge is -2.23. The number of nitrogens with zero attached hydrogens (tertiary/aromatic N) is 1. The fourth-order valence-corrected chi connectivity index (χ4v) is 1.75. The van der Waals surface area contributed by atoms with Crippen LogP contribution in [0.2, 0.25) is 0 Å². The van der Waals surface area contributed by atoms with Gasteiger partial charge in [-0.25, -0.2) is 4.39 Å². The van der Waals surface area contributed by atoms with Crippen molar-refractivity contribution in [1.29, 1.82) is 0 Å². The van der Waals surface area contributed by atoms with E-state index in [1.807, 2.05) is 0 Å². The molecule has 0 bridgehead atoms. The molecule has 18 heavy (non-hydrogen) atoms. The fourth-order valence-electron chi connectivity index (χ4n) is 1.75. The van der Waals surface area contributed by atoms with Crippen LogP contribution in [0.15, 0.2) is 18.2 Å².